The zero-order valence-corrected chi connectivity index (χ0v) is 10.9. The highest BCUT2D eigenvalue weighted by molar-refractivity contribution is 7.03. The van der Waals surface area contributed by atoms with Gasteiger partial charge in [0.25, 0.3) is 0 Å². The second kappa shape index (κ2) is 5.55. The first kappa shape index (κ1) is 12.4. The number of hydrogen-bond acceptors (Lipinski definition) is 5. The number of ether oxygens (including phenoxy) is 1. The highest BCUT2D eigenvalue weighted by atomic mass is 32.1. The molecular formula is C13H12N2O2S. The lowest BCUT2D eigenvalue weighted by atomic mass is 10.1. The Balaban J connectivity index is 2.26. The van der Waals surface area contributed by atoms with Crippen LogP contribution in [0.15, 0.2) is 29.7 Å². The van der Waals surface area contributed by atoms with Crippen molar-refractivity contribution in [2.45, 2.75) is 6.92 Å². The first-order valence-corrected chi connectivity index (χ1v) is 6.18. The van der Waals surface area contributed by atoms with Gasteiger partial charge >= 0.3 is 0 Å². The Labute approximate surface area is 109 Å². The van der Waals surface area contributed by atoms with Crippen LogP contribution in [0.5, 0.6) is 5.75 Å². The van der Waals surface area contributed by atoms with Crippen LogP contribution in [-0.4, -0.2) is 22.5 Å². The molecule has 0 aliphatic heterocycles. The molecule has 92 valence electrons. The molecule has 0 atom stereocenters. The molecule has 0 radical (unpaired) electrons. The summed E-state index contributed by atoms with van der Waals surface area (Å²) in [6.07, 6.45) is 3.13. The fourth-order valence-corrected chi connectivity index (χ4v) is 1.93. The Morgan fingerprint density at radius 2 is 2.28 bits per heavy atom. The highest BCUT2D eigenvalue weighted by Crippen LogP contribution is 2.20. The van der Waals surface area contributed by atoms with Crippen molar-refractivity contribution in [2.24, 2.45) is 0 Å². The maximum atomic E-state index is 12.1. The van der Waals surface area contributed by atoms with E-state index >= 15 is 0 Å². The van der Waals surface area contributed by atoms with Gasteiger partial charge in [0.15, 0.2) is 5.78 Å². The summed E-state index contributed by atoms with van der Waals surface area (Å²) in [6.45, 7) is 1.93. The summed E-state index contributed by atoms with van der Waals surface area (Å²) in [5, 5.41) is 5.62. The van der Waals surface area contributed by atoms with Crippen molar-refractivity contribution >= 4 is 23.4 Å². The molecule has 0 fully saturated rings. The van der Waals surface area contributed by atoms with Gasteiger partial charge in [0, 0.05) is 5.38 Å². The van der Waals surface area contributed by atoms with Gasteiger partial charge in [0.05, 0.1) is 18.4 Å². The molecule has 1 heterocycles. The van der Waals surface area contributed by atoms with Crippen LogP contribution in [0.1, 0.15) is 21.6 Å². The summed E-state index contributed by atoms with van der Waals surface area (Å²) in [6, 6.07) is 5.51. The van der Waals surface area contributed by atoms with Gasteiger partial charge in [0.1, 0.15) is 5.75 Å². The summed E-state index contributed by atoms with van der Waals surface area (Å²) < 4.78 is 8.90. The van der Waals surface area contributed by atoms with Crippen LogP contribution in [0.25, 0.3) is 6.08 Å². The number of aryl methyl sites for hydroxylation is 1. The van der Waals surface area contributed by atoms with E-state index in [1.807, 2.05) is 19.1 Å². The van der Waals surface area contributed by atoms with Crippen LogP contribution in [-0.2, 0) is 0 Å². The van der Waals surface area contributed by atoms with E-state index in [0.717, 1.165) is 5.56 Å². The van der Waals surface area contributed by atoms with Crippen molar-refractivity contribution in [1.29, 1.82) is 0 Å². The van der Waals surface area contributed by atoms with E-state index in [2.05, 4.69) is 9.59 Å². The van der Waals surface area contributed by atoms with Gasteiger partial charge in [-0.25, -0.2) is 0 Å². The van der Waals surface area contributed by atoms with Crippen molar-refractivity contribution in [3.05, 3.63) is 46.5 Å². The van der Waals surface area contributed by atoms with Crippen LogP contribution in [0.4, 0.5) is 0 Å². The van der Waals surface area contributed by atoms with Crippen molar-refractivity contribution < 1.29 is 9.53 Å². The number of allylic oxidation sites excluding steroid dienone is 1. The van der Waals surface area contributed by atoms with Gasteiger partial charge in [-0.2, -0.15) is 0 Å². The number of carbonyl (C=O) groups excluding carboxylic acids is 1. The predicted octanol–water partition coefficient (Wildman–Crippen LogP) is 2.75. The fraction of sp³-hybridized carbons (Fsp3) is 0.154. The average molecular weight is 260 g/mol. The Morgan fingerprint density at radius 3 is 2.94 bits per heavy atom. The average Bonchev–Trinajstić information content (AvgIpc) is 2.89. The topological polar surface area (TPSA) is 52.1 Å². The number of aromatic nitrogens is 2. The molecule has 0 saturated heterocycles. The molecule has 1 aromatic heterocycles. The molecular weight excluding hydrogens is 248 g/mol. The number of methoxy groups -OCH3 is 1. The monoisotopic (exact) mass is 260 g/mol. The van der Waals surface area contributed by atoms with Gasteiger partial charge in [0.2, 0.25) is 0 Å². The standard InChI is InChI=1S/C13H12N2O2S/c1-9-3-6-13(17-2)11(7-9)12(16)5-4-10-8-18-15-14-10/h3-8H,1-2H3/b5-4-. The SMILES string of the molecule is COc1ccc(C)cc1C(=O)/C=C\c1csnn1. The van der Waals surface area contributed by atoms with E-state index in [1.54, 1.807) is 24.6 Å². The van der Waals surface area contributed by atoms with E-state index in [4.69, 9.17) is 4.74 Å². The van der Waals surface area contributed by atoms with E-state index in [9.17, 15) is 4.79 Å². The molecule has 0 aliphatic carbocycles. The lowest BCUT2D eigenvalue weighted by Gasteiger charge is -2.06. The Morgan fingerprint density at radius 1 is 1.44 bits per heavy atom. The second-order valence-electron chi connectivity index (χ2n) is 3.73. The van der Waals surface area contributed by atoms with Crippen LogP contribution in [0.3, 0.4) is 0 Å². The van der Waals surface area contributed by atoms with Crippen LogP contribution < -0.4 is 4.74 Å². The quantitative estimate of drug-likeness (QED) is 0.626. The number of rotatable bonds is 4. The largest absolute Gasteiger partial charge is 0.496 e. The lowest BCUT2D eigenvalue weighted by Crippen LogP contribution is -1.99. The molecule has 0 N–H and O–H groups in total. The number of carbonyl (C=O) groups is 1. The molecule has 0 saturated carbocycles. The summed E-state index contributed by atoms with van der Waals surface area (Å²) in [5.41, 5.74) is 2.25. The molecule has 4 nitrogen and oxygen atoms in total. The van der Waals surface area contributed by atoms with Gasteiger partial charge in [-0.1, -0.05) is 16.1 Å². The molecule has 0 amide bonds. The summed E-state index contributed by atoms with van der Waals surface area (Å²) >= 11 is 1.25. The number of ketones is 1. The Bertz CT molecular complexity index is 577. The van der Waals surface area contributed by atoms with E-state index in [1.165, 1.54) is 17.6 Å². The smallest absolute Gasteiger partial charge is 0.189 e. The third-order valence-electron chi connectivity index (χ3n) is 2.40. The van der Waals surface area contributed by atoms with Crippen LogP contribution in [0.2, 0.25) is 0 Å². The normalized spacial score (nSPS) is 10.8. The predicted molar refractivity (Wildman–Crippen MR) is 71.0 cm³/mol. The lowest BCUT2D eigenvalue weighted by molar-refractivity contribution is 0.104. The minimum absolute atomic E-state index is 0.108. The first-order valence-electron chi connectivity index (χ1n) is 5.35. The zero-order valence-electron chi connectivity index (χ0n) is 10.1. The van der Waals surface area contributed by atoms with Crippen molar-refractivity contribution in [3.8, 4) is 5.75 Å². The maximum Gasteiger partial charge on any atom is 0.189 e. The molecule has 2 rings (SSSR count). The van der Waals surface area contributed by atoms with Gasteiger partial charge in [-0.3, -0.25) is 4.79 Å². The number of nitrogens with zero attached hydrogens (tertiary/aromatic N) is 2. The van der Waals surface area contributed by atoms with Crippen molar-refractivity contribution in [2.75, 3.05) is 7.11 Å². The zero-order chi connectivity index (χ0) is 13.0. The maximum absolute atomic E-state index is 12.1. The van der Waals surface area contributed by atoms with Crippen LogP contribution in [0, 0.1) is 6.92 Å². The van der Waals surface area contributed by atoms with Gasteiger partial charge in [-0.15, -0.1) is 5.10 Å². The molecule has 0 bridgehead atoms. The van der Waals surface area contributed by atoms with E-state index < -0.39 is 0 Å². The molecule has 5 heteroatoms. The van der Waals surface area contributed by atoms with Crippen molar-refractivity contribution in [3.63, 3.8) is 0 Å². The Hall–Kier alpha value is -2.01. The first-order chi connectivity index (χ1) is 8.70. The molecule has 2 aromatic rings. The molecule has 0 aliphatic rings. The third-order valence-corrected chi connectivity index (χ3v) is 2.93. The molecule has 18 heavy (non-hydrogen) atoms. The number of benzene rings is 1. The summed E-state index contributed by atoms with van der Waals surface area (Å²) in [5.74, 6) is 0.468. The summed E-state index contributed by atoms with van der Waals surface area (Å²) in [4.78, 5) is 12.1. The second-order valence-corrected chi connectivity index (χ2v) is 4.34. The summed E-state index contributed by atoms with van der Waals surface area (Å²) in [7, 11) is 1.55. The molecule has 0 spiro atoms. The number of hydrogen-bond donors (Lipinski definition) is 0. The molecule has 1 aromatic carbocycles. The van der Waals surface area contributed by atoms with E-state index in [-0.39, 0.29) is 5.78 Å². The van der Waals surface area contributed by atoms with Crippen molar-refractivity contribution in [1.82, 2.24) is 9.59 Å². The Kier molecular flexibility index (Phi) is 3.84. The van der Waals surface area contributed by atoms with Crippen LogP contribution >= 0.6 is 11.5 Å². The van der Waals surface area contributed by atoms with Gasteiger partial charge < -0.3 is 4.74 Å². The minimum Gasteiger partial charge on any atom is -0.496 e. The fourth-order valence-electron chi connectivity index (χ4n) is 1.51. The molecule has 0 unspecified atom stereocenters. The van der Waals surface area contributed by atoms with Gasteiger partial charge in [-0.05, 0) is 42.7 Å². The van der Waals surface area contributed by atoms with E-state index in [0.29, 0.717) is 17.0 Å². The third kappa shape index (κ3) is 2.81. The highest BCUT2D eigenvalue weighted by Gasteiger charge is 2.09. The minimum atomic E-state index is -0.108.